The molecule has 0 spiro atoms. The molecule has 0 aliphatic carbocycles. The Balaban J connectivity index is 3.24. The van der Waals surface area contributed by atoms with Crippen LogP contribution in [0.2, 0.25) is 0 Å². The van der Waals surface area contributed by atoms with Crippen LogP contribution in [0, 0.1) is 14.1 Å². The van der Waals surface area contributed by atoms with Gasteiger partial charge >= 0.3 is 0 Å². The van der Waals surface area contributed by atoms with E-state index in [0.717, 1.165) is 5.56 Å². The lowest BCUT2D eigenvalue weighted by Gasteiger charge is -2.04. The van der Waals surface area contributed by atoms with E-state index < -0.39 is 0 Å². The van der Waals surface area contributed by atoms with E-state index in [9.17, 15) is 0 Å². The Morgan fingerprint density at radius 2 is 2.00 bits per heavy atom. The standard InChI is InChI=1S/C8H8I2O/c1-5-2-7(9)3-6(4-11)8(5)10/h2-3,11H,4H2,1H3. The normalized spacial score (nSPS) is 10.2. The molecule has 0 bridgehead atoms. The van der Waals surface area contributed by atoms with Crippen LogP contribution in [0.4, 0.5) is 0 Å². The average molecular weight is 374 g/mol. The summed E-state index contributed by atoms with van der Waals surface area (Å²) in [4.78, 5) is 0. The summed E-state index contributed by atoms with van der Waals surface area (Å²) < 4.78 is 2.36. The molecule has 0 heterocycles. The third-order valence-electron chi connectivity index (χ3n) is 1.46. The minimum atomic E-state index is 0.135. The third-order valence-corrected chi connectivity index (χ3v) is 3.63. The van der Waals surface area contributed by atoms with Gasteiger partial charge in [0.15, 0.2) is 0 Å². The minimum absolute atomic E-state index is 0.135. The molecule has 0 atom stereocenters. The summed E-state index contributed by atoms with van der Waals surface area (Å²) in [6, 6.07) is 4.12. The first-order chi connectivity index (χ1) is 5.15. The molecule has 3 heteroatoms. The van der Waals surface area contributed by atoms with Crippen LogP contribution in [0.25, 0.3) is 0 Å². The summed E-state index contributed by atoms with van der Waals surface area (Å²) in [7, 11) is 0. The van der Waals surface area contributed by atoms with Crippen molar-refractivity contribution in [3.8, 4) is 0 Å². The molecule has 1 N–H and O–H groups in total. The molecule has 0 aliphatic heterocycles. The first kappa shape index (κ1) is 9.73. The van der Waals surface area contributed by atoms with Gasteiger partial charge < -0.3 is 5.11 Å². The Morgan fingerprint density at radius 3 is 2.55 bits per heavy atom. The van der Waals surface area contributed by atoms with Crippen LogP contribution in [0.5, 0.6) is 0 Å². The van der Waals surface area contributed by atoms with E-state index in [2.05, 4.69) is 58.2 Å². The Bertz CT molecular complexity index is 271. The average Bonchev–Trinajstić information content (AvgIpc) is 1.96. The van der Waals surface area contributed by atoms with E-state index in [1.54, 1.807) is 0 Å². The van der Waals surface area contributed by atoms with Crippen molar-refractivity contribution in [3.05, 3.63) is 30.4 Å². The zero-order valence-corrected chi connectivity index (χ0v) is 10.4. The van der Waals surface area contributed by atoms with Crippen molar-refractivity contribution in [3.63, 3.8) is 0 Å². The zero-order chi connectivity index (χ0) is 8.43. The molecule has 60 valence electrons. The van der Waals surface area contributed by atoms with Crippen LogP contribution in [-0.2, 0) is 6.61 Å². The van der Waals surface area contributed by atoms with Crippen LogP contribution in [0.1, 0.15) is 11.1 Å². The predicted molar refractivity (Wildman–Crippen MR) is 62.5 cm³/mol. The van der Waals surface area contributed by atoms with Crippen molar-refractivity contribution in [1.82, 2.24) is 0 Å². The summed E-state index contributed by atoms with van der Waals surface area (Å²) in [6.07, 6.45) is 0. The van der Waals surface area contributed by atoms with Crippen molar-refractivity contribution >= 4 is 45.2 Å². The summed E-state index contributed by atoms with van der Waals surface area (Å²) >= 11 is 4.51. The highest BCUT2D eigenvalue weighted by molar-refractivity contribution is 14.1. The molecule has 1 rings (SSSR count). The minimum Gasteiger partial charge on any atom is -0.392 e. The zero-order valence-electron chi connectivity index (χ0n) is 6.06. The fourth-order valence-electron chi connectivity index (χ4n) is 0.910. The number of hydrogen-bond acceptors (Lipinski definition) is 1. The predicted octanol–water partition coefficient (Wildman–Crippen LogP) is 2.70. The molecule has 0 saturated carbocycles. The molecule has 0 aliphatic rings. The van der Waals surface area contributed by atoms with Gasteiger partial charge in [-0.2, -0.15) is 0 Å². The maximum absolute atomic E-state index is 8.96. The monoisotopic (exact) mass is 374 g/mol. The smallest absolute Gasteiger partial charge is 0.0692 e. The van der Waals surface area contributed by atoms with E-state index in [-0.39, 0.29) is 6.61 Å². The number of halogens is 2. The van der Waals surface area contributed by atoms with Crippen molar-refractivity contribution < 1.29 is 5.11 Å². The van der Waals surface area contributed by atoms with Gasteiger partial charge in [-0.3, -0.25) is 0 Å². The largest absolute Gasteiger partial charge is 0.392 e. The van der Waals surface area contributed by atoms with E-state index in [1.165, 1.54) is 12.7 Å². The summed E-state index contributed by atoms with van der Waals surface area (Å²) in [6.45, 7) is 2.19. The van der Waals surface area contributed by atoms with E-state index in [4.69, 9.17) is 5.11 Å². The van der Waals surface area contributed by atoms with Gasteiger partial charge in [0.25, 0.3) is 0 Å². The number of rotatable bonds is 1. The van der Waals surface area contributed by atoms with Gasteiger partial charge in [0, 0.05) is 7.14 Å². The topological polar surface area (TPSA) is 20.2 Å². The summed E-state index contributed by atoms with van der Waals surface area (Å²) in [5.41, 5.74) is 2.26. The second-order valence-corrected chi connectivity index (χ2v) is 4.68. The number of aliphatic hydroxyl groups excluding tert-OH is 1. The Hall–Kier alpha value is 0.640. The molecule has 1 nitrogen and oxygen atoms in total. The Kier molecular flexibility index (Phi) is 3.57. The van der Waals surface area contributed by atoms with Crippen molar-refractivity contribution in [2.24, 2.45) is 0 Å². The molecule has 0 saturated heterocycles. The van der Waals surface area contributed by atoms with E-state index in [1.807, 2.05) is 6.07 Å². The lowest BCUT2D eigenvalue weighted by Crippen LogP contribution is -1.92. The van der Waals surface area contributed by atoms with Crippen LogP contribution in [-0.4, -0.2) is 5.11 Å². The van der Waals surface area contributed by atoms with Crippen molar-refractivity contribution in [2.45, 2.75) is 13.5 Å². The first-order valence-electron chi connectivity index (χ1n) is 3.20. The molecule has 0 unspecified atom stereocenters. The molecular formula is C8H8I2O. The molecule has 11 heavy (non-hydrogen) atoms. The first-order valence-corrected chi connectivity index (χ1v) is 5.36. The third kappa shape index (κ3) is 2.29. The fourth-order valence-corrected chi connectivity index (χ4v) is 2.23. The molecule has 0 amide bonds. The maximum atomic E-state index is 8.96. The number of benzene rings is 1. The molecular weight excluding hydrogens is 366 g/mol. The molecule has 1 aromatic carbocycles. The van der Waals surface area contributed by atoms with E-state index in [0.29, 0.717) is 0 Å². The number of aryl methyl sites for hydroxylation is 1. The quantitative estimate of drug-likeness (QED) is 0.750. The fraction of sp³-hybridized carbons (Fsp3) is 0.250. The van der Waals surface area contributed by atoms with Gasteiger partial charge in [-0.15, -0.1) is 0 Å². The Morgan fingerprint density at radius 1 is 1.36 bits per heavy atom. The van der Waals surface area contributed by atoms with Crippen molar-refractivity contribution in [2.75, 3.05) is 0 Å². The van der Waals surface area contributed by atoms with Crippen LogP contribution in [0.3, 0.4) is 0 Å². The highest BCUT2D eigenvalue weighted by atomic mass is 127. The van der Waals surface area contributed by atoms with Gasteiger partial charge in [-0.05, 0) is 75.4 Å². The highest BCUT2D eigenvalue weighted by Gasteiger charge is 2.02. The molecule has 1 aromatic rings. The molecule has 0 radical (unpaired) electrons. The van der Waals surface area contributed by atoms with E-state index >= 15 is 0 Å². The number of hydrogen-bond donors (Lipinski definition) is 1. The summed E-state index contributed by atoms with van der Waals surface area (Å²) in [5.74, 6) is 0. The lowest BCUT2D eigenvalue weighted by molar-refractivity contribution is 0.281. The van der Waals surface area contributed by atoms with Gasteiger partial charge in [-0.1, -0.05) is 0 Å². The van der Waals surface area contributed by atoms with Crippen LogP contribution in [0.15, 0.2) is 12.1 Å². The van der Waals surface area contributed by atoms with Crippen molar-refractivity contribution in [1.29, 1.82) is 0 Å². The summed E-state index contributed by atoms with van der Waals surface area (Å²) in [5, 5.41) is 8.96. The highest BCUT2D eigenvalue weighted by Crippen LogP contribution is 2.20. The van der Waals surface area contributed by atoms with Crippen LogP contribution < -0.4 is 0 Å². The van der Waals surface area contributed by atoms with Gasteiger partial charge in [0.1, 0.15) is 0 Å². The molecule has 0 aromatic heterocycles. The maximum Gasteiger partial charge on any atom is 0.0692 e. The second-order valence-electron chi connectivity index (χ2n) is 2.35. The second kappa shape index (κ2) is 4.04. The Labute approximate surface area is 93.5 Å². The SMILES string of the molecule is Cc1cc(I)cc(CO)c1I. The van der Waals surface area contributed by atoms with Gasteiger partial charge in [0.2, 0.25) is 0 Å². The molecule has 0 fully saturated rings. The van der Waals surface area contributed by atoms with Gasteiger partial charge in [0.05, 0.1) is 6.61 Å². The lowest BCUT2D eigenvalue weighted by atomic mass is 10.1. The van der Waals surface area contributed by atoms with Gasteiger partial charge in [-0.25, -0.2) is 0 Å². The number of aliphatic hydroxyl groups is 1. The van der Waals surface area contributed by atoms with Crippen LogP contribution >= 0.6 is 45.2 Å².